The lowest BCUT2D eigenvalue weighted by atomic mass is 10.2. The summed E-state index contributed by atoms with van der Waals surface area (Å²) in [6.07, 6.45) is 1.48. The summed E-state index contributed by atoms with van der Waals surface area (Å²) >= 11 is 0. The van der Waals surface area contributed by atoms with E-state index in [0.29, 0.717) is 24.1 Å². The number of amides is 1. The van der Waals surface area contributed by atoms with Crippen LogP contribution in [0.5, 0.6) is 0 Å². The number of para-hydroxylation sites is 2. The van der Waals surface area contributed by atoms with Crippen LogP contribution in [0.3, 0.4) is 0 Å². The molecule has 0 aliphatic carbocycles. The molecule has 0 bridgehead atoms. The van der Waals surface area contributed by atoms with E-state index >= 15 is 0 Å². The Bertz CT molecular complexity index is 1240. The molecule has 0 unspecified atom stereocenters. The van der Waals surface area contributed by atoms with Crippen LogP contribution in [0.15, 0.2) is 65.7 Å². The van der Waals surface area contributed by atoms with Crippen molar-refractivity contribution in [1.29, 1.82) is 0 Å². The molecule has 0 atom stereocenters. The van der Waals surface area contributed by atoms with Gasteiger partial charge in [-0.25, -0.2) is 4.98 Å². The maximum Gasteiger partial charge on any atom is 0.278 e. The highest BCUT2D eigenvalue weighted by molar-refractivity contribution is 6.04. The van der Waals surface area contributed by atoms with Gasteiger partial charge in [-0.2, -0.15) is 0 Å². The third kappa shape index (κ3) is 3.14. The van der Waals surface area contributed by atoms with E-state index in [9.17, 15) is 9.59 Å². The largest absolute Gasteiger partial charge is 0.368 e. The minimum Gasteiger partial charge on any atom is -0.368 e. The van der Waals surface area contributed by atoms with Gasteiger partial charge in [-0.15, -0.1) is 0 Å². The highest BCUT2D eigenvalue weighted by Gasteiger charge is 2.22. The standard InChI is InChI=1S/C22H21N5O2/c28-19(26-12-10-25(11-13-26)16-6-2-1-3-7-16)14-27-15-23-20-17-8-4-5-9-18(17)24-21(20)22(27)29/h1-9,15,24H,10-14H2. The summed E-state index contributed by atoms with van der Waals surface area (Å²) in [5.41, 5.74) is 2.90. The van der Waals surface area contributed by atoms with Crippen molar-refractivity contribution in [2.75, 3.05) is 31.1 Å². The Labute approximate surface area is 167 Å². The van der Waals surface area contributed by atoms with Crippen molar-refractivity contribution < 1.29 is 4.79 Å². The third-order valence-electron chi connectivity index (χ3n) is 5.54. The summed E-state index contributed by atoms with van der Waals surface area (Å²) < 4.78 is 1.39. The van der Waals surface area contributed by atoms with E-state index in [0.717, 1.165) is 24.0 Å². The highest BCUT2D eigenvalue weighted by Crippen LogP contribution is 2.20. The van der Waals surface area contributed by atoms with Crippen LogP contribution >= 0.6 is 0 Å². The lowest BCUT2D eigenvalue weighted by Crippen LogP contribution is -2.50. The van der Waals surface area contributed by atoms with Crippen LogP contribution in [0.4, 0.5) is 5.69 Å². The summed E-state index contributed by atoms with van der Waals surface area (Å²) in [5.74, 6) is -0.0583. The fraction of sp³-hybridized carbons (Fsp3) is 0.227. The second-order valence-electron chi connectivity index (χ2n) is 7.28. The van der Waals surface area contributed by atoms with Crippen LogP contribution in [-0.2, 0) is 11.3 Å². The number of hydrogen-bond donors (Lipinski definition) is 1. The molecule has 1 aliphatic rings. The second-order valence-corrected chi connectivity index (χ2v) is 7.28. The zero-order valence-corrected chi connectivity index (χ0v) is 15.9. The lowest BCUT2D eigenvalue weighted by Gasteiger charge is -2.36. The summed E-state index contributed by atoms with van der Waals surface area (Å²) in [7, 11) is 0. The number of H-pyrrole nitrogens is 1. The number of nitrogens with zero attached hydrogens (tertiary/aromatic N) is 4. The van der Waals surface area contributed by atoms with Crippen LogP contribution in [0, 0.1) is 0 Å². The molecule has 7 nitrogen and oxygen atoms in total. The van der Waals surface area contributed by atoms with Crippen molar-refractivity contribution in [2.45, 2.75) is 6.54 Å². The molecule has 146 valence electrons. The predicted molar refractivity (Wildman–Crippen MR) is 113 cm³/mol. The van der Waals surface area contributed by atoms with Gasteiger partial charge in [-0.1, -0.05) is 36.4 Å². The molecule has 1 N–H and O–H groups in total. The van der Waals surface area contributed by atoms with E-state index in [2.05, 4.69) is 27.0 Å². The van der Waals surface area contributed by atoms with Crippen LogP contribution in [0.2, 0.25) is 0 Å². The van der Waals surface area contributed by atoms with E-state index in [1.807, 2.05) is 47.4 Å². The topological polar surface area (TPSA) is 74.2 Å². The smallest absolute Gasteiger partial charge is 0.278 e. The van der Waals surface area contributed by atoms with Crippen molar-refractivity contribution in [3.05, 3.63) is 71.3 Å². The Morgan fingerprint density at radius 2 is 1.69 bits per heavy atom. The lowest BCUT2D eigenvalue weighted by molar-refractivity contribution is -0.132. The van der Waals surface area contributed by atoms with Gasteiger partial charge in [0.2, 0.25) is 5.91 Å². The number of carbonyl (C=O) groups is 1. The third-order valence-corrected chi connectivity index (χ3v) is 5.54. The molecular weight excluding hydrogens is 366 g/mol. The fourth-order valence-electron chi connectivity index (χ4n) is 3.95. The van der Waals surface area contributed by atoms with Crippen molar-refractivity contribution in [1.82, 2.24) is 19.4 Å². The first-order chi connectivity index (χ1) is 14.2. The summed E-state index contributed by atoms with van der Waals surface area (Å²) in [6.45, 7) is 2.85. The van der Waals surface area contributed by atoms with Crippen LogP contribution in [0.1, 0.15) is 0 Å². The van der Waals surface area contributed by atoms with E-state index < -0.39 is 0 Å². The summed E-state index contributed by atoms with van der Waals surface area (Å²) in [6, 6.07) is 17.9. The molecule has 4 aromatic rings. The van der Waals surface area contributed by atoms with Gasteiger partial charge in [0.05, 0.1) is 6.33 Å². The molecule has 0 saturated carbocycles. The Hall–Kier alpha value is -3.61. The monoisotopic (exact) mass is 387 g/mol. The number of nitrogens with one attached hydrogen (secondary N) is 1. The van der Waals surface area contributed by atoms with Gasteiger partial charge in [0.15, 0.2) is 0 Å². The molecule has 1 fully saturated rings. The first kappa shape index (κ1) is 17.5. The minimum atomic E-state index is -0.220. The zero-order valence-electron chi connectivity index (χ0n) is 15.9. The van der Waals surface area contributed by atoms with Crippen LogP contribution in [0.25, 0.3) is 21.9 Å². The predicted octanol–water partition coefficient (Wildman–Crippen LogP) is 2.23. The number of aromatic nitrogens is 3. The van der Waals surface area contributed by atoms with E-state index in [4.69, 9.17) is 0 Å². The molecule has 2 aromatic heterocycles. The average Bonchev–Trinajstić information content (AvgIpc) is 3.16. The van der Waals surface area contributed by atoms with Gasteiger partial charge < -0.3 is 14.8 Å². The molecule has 3 heterocycles. The highest BCUT2D eigenvalue weighted by atomic mass is 16.2. The summed E-state index contributed by atoms with van der Waals surface area (Å²) in [5, 5.41) is 0.912. The molecule has 1 aliphatic heterocycles. The van der Waals surface area contributed by atoms with E-state index in [1.54, 1.807) is 0 Å². The van der Waals surface area contributed by atoms with Crippen molar-refractivity contribution in [3.8, 4) is 0 Å². The molecule has 7 heteroatoms. The molecule has 2 aromatic carbocycles. The zero-order chi connectivity index (χ0) is 19.8. The van der Waals surface area contributed by atoms with Gasteiger partial charge in [0.1, 0.15) is 17.6 Å². The van der Waals surface area contributed by atoms with Gasteiger partial charge in [-0.3, -0.25) is 14.2 Å². The molecule has 0 spiro atoms. The van der Waals surface area contributed by atoms with Crippen LogP contribution in [-0.4, -0.2) is 51.5 Å². The number of hydrogen-bond acceptors (Lipinski definition) is 4. The Morgan fingerprint density at radius 3 is 2.48 bits per heavy atom. The normalized spacial score (nSPS) is 14.6. The number of carbonyl (C=O) groups excluding carboxylic acids is 1. The second kappa shape index (κ2) is 7.09. The number of aromatic amines is 1. The molecule has 5 rings (SSSR count). The Morgan fingerprint density at radius 1 is 0.966 bits per heavy atom. The first-order valence-corrected chi connectivity index (χ1v) is 9.74. The van der Waals surface area contributed by atoms with Gasteiger partial charge in [0, 0.05) is 42.8 Å². The molecular formula is C22H21N5O2. The average molecular weight is 387 g/mol. The molecule has 1 amide bonds. The van der Waals surface area contributed by atoms with Crippen LogP contribution < -0.4 is 10.5 Å². The molecule has 0 radical (unpaired) electrons. The Balaban J connectivity index is 1.32. The number of rotatable bonds is 3. The van der Waals surface area contributed by atoms with Crippen molar-refractivity contribution >= 4 is 33.5 Å². The van der Waals surface area contributed by atoms with Crippen molar-refractivity contribution in [2.24, 2.45) is 0 Å². The SMILES string of the molecule is O=C(Cn1cnc2c([nH]c3ccccc32)c1=O)N1CCN(c2ccccc2)CC1. The maximum atomic E-state index is 12.9. The molecule has 29 heavy (non-hydrogen) atoms. The molecule has 1 saturated heterocycles. The number of anilines is 1. The first-order valence-electron chi connectivity index (χ1n) is 9.74. The number of benzene rings is 2. The Kier molecular flexibility index (Phi) is 4.27. The number of piperazine rings is 1. The number of fused-ring (bicyclic) bond motifs is 3. The van der Waals surface area contributed by atoms with Crippen molar-refractivity contribution in [3.63, 3.8) is 0 Å². The van der Waals surface area contributed by atoms with E-state index in [-0.39, 0.29) is 18.0 Å². The minimum absolute atomic E-state index is 0.00246. The van der Waals surface area contributed by atoms with Gasteiger partial charge >= 0.3 is 0 Å². The van der Waals surface area contributed by atoms with E-state index in [1.165, 1.54) is 16.6 Å². The fourth-order valence-corrected chi connectivity index (χ4v) is 3.95. The van der Waals surface area contributed by atoms with Gasteiger partial charge in [0.25, 0.3) is 5.56 Å². The van der Waals surface area contributed by atoms with Gasteiger partial charge in [-0.05, 0) is 18.2 Å². The maximum absolute atomic E-state index is 12.9. The quantitative estimate of drug-likeness (QED) is 0.585. The summed E-state index contributed by atoms with van der Waals surface area (Å²) in [4.78, 5) is 37.3.